The van der Waals surface area contributed by atoms with Gasteiger partial charge in [0.2, 0.25) is 5.91 Å². The Morgan fingerprint density at radius 1 is 1.17 bits per heavy atom. The lowest BCUT2D eigenvalue weighted by molar-refractivity contribution is -0.130. The van der Waals surface area contributed by atoms with Gasteiger partial charge < -0.3 is 4.90 Å². The first-order chi connectivity index (χ1) is 10.9. The van der Waals surface area contributed by atoms with Gasteiger partial charge in [0.15, 0.2) is 0 Å². The van der Waals surface area contributed by atoms with Crippen LogP contribution in [0.4, 0.5) is 0 Å². The minimum absolute atomic E-state index is 0.173. The van der Waals surface area contributed by atoms with E-state index in [4.69, 9.17) is 0 Å². The number of carbonyl (C=O) groups is 1. The molecule has 1 aromatic heterocycles. The molecule has 1 aromatic carbocycles. The summed E-state index contributed by atoms with van der Waals surface area (Å²) in [5.74, 6) is 0.173. The van der Waals surface area contributed by atoms with Gasteiger partial charge in [-0.3, -0.25) is 9.48 Å². The molecule has 1 amide bonds. The summed E-state index contributed by atoms with van der Waals surface area (Å²) < 4.78 is 1.88. The second-order valence-electron chi connectivity index (χ2n) is 6.19. The van der Waals surface area contributed by atoms with E-state index in [0.29, 0.717) is 13.0 Å². The van der Waals surface area contributed by atoms with Gasteiger partial charge in [0.1, 0.15) is 0 Å². The molecule has 124 valence electrons. The van der Waals surface area contributed by atoms with E-state index >= 15 is 0 Å². The van der Waals surface area contributed by atoms with Crippen LogP contribution in [0.15, 0.2) is 24.3 Å². The zero-order chi connectivity index (χ0) is 17.0. The maximum atomic E-state index is 12.4. The van der Waals surface area contributed by atoms with Crippen LogP contribution in [0.5, 0.6) is 0 Å². The van der Waals surface area contributed by atoms with E-state index in [-0.39, 0.29) is 5.91 Å². The van der Waals surface area contributed by atoms with Crippen LogP contribution in [0.3, 0.4) is 0 Å². The SMILES string of the molecule is CCc1ccc(CN(C)C(=O)CCc2c(C)nn(C)c2C)cc1. The number of hydrogen-bond donors (Lipinski definition) is 0. The summed E-state index contributed by atoms with van der Waals surface area (Å²) in [5.41, 5.74) is 5.86. The molecule has 0 aliphatic heterocycles. The normalized spacial score (nSPS) is 10.8. The van der Waals surface area contributed by atoms with Gasteiger partial charge in [-0.05, 0) is 43.4 Å². The second kappa shape index (κ2) is 7.44. The van der Waals surface area contributed by atoms with E-state index in [0.717, 1.165) is 24.2 Å². The summed E-state index contributed by atoms with van der Waals surface area (Å²) in [6.45, 7) is 6.87. The molecule has 0 atom stereocenters. The number of hydrogen-bond acceptors (Lipinski definition) is 2. The van der Waals surface area contributed by atoms with E-state index < -0.39 is 0 Å². The van der Waals surface area contributed by atoms with Crippen molar-refractivity contribution in [2.45, 2.75) is 46.6 Å². The first kappa shape index (κ1) is 17.3. The standard InChI is InChI=1S/C19H27N3O/c1-6-16-7-9-17(10-8-16)13-21(4)19(23)12-11-18-14(2)20-22(5)15(18)3/h7-10H,6,11-13H2,1-5H3. The molecule has 1 heterocycles. The molecule has 0 saturated carbocycles. The molecule has 0 bridgehead atoms. The number of amides is 1. The van der Waals surface area contributed by atoms with Crippen molar-refractivity contribution < 1.29 is 4.79 Å². The van der Waals surface area contributed by atoms with Crippen molar-refractivity contribution in [2.75, 3.05) is 7.05 Å². The minimum Gasteiger partial charge on any atom is -0.341 e. The highest BCUT2D eigenvalue weighted by Crippen LogP contribution is 2.15. The topological polar surface area (TPSA) is 38.1 Å². The summed E-state index contributed by atoms with van der Waals surface area (Å²) in [6.07, 6.45) is 2.32. The van der Waals surface area contributed by atoms with Crippen molar-refractivity contribution in [3.05, 3.63) is 52.3 Å². The molecule has 4 heteroatoms. The van der Waals surface area contributed by atoms with Crippen molar-refractivity contribution in [1.82, 2.24) is 14.7 Å². The Morgan fingerprint density at radius 2 is 1.78 bits per heavy atom. The second-order valence-corrected chi connectivity index (χ2v) is 6.19. The number of carbonyl (C=O) groups excluding carboxylic acids is 1. The Bertz CT molecular complexity index is 671. The number of rotatable bonds is 6. The lowest BCUT2D eigenvalue weighted by atomic mass is 10.1. The van der Waals surface area contributed by atoms with E-state index in [1.807, 2.05) is 30.6 Å². The molecule has 0 spiro atoms. The first-order valence-corrected chi connectivity index (χ1v) is 8.23. The van der Waals surface area contributed by atoms with Crippen LogP contribution in [-0.4, -0.2) is 27.6 Å². The molecule has 0 aliphatic rings. The Kier molecular flexibility index (Phi) is 5.59. The van der Waals surface area contributed by atoms with Crippen LogP contribution in [-0.2, 0) is 31.2 Å². The molecule has 0 saturated heterocycles. The molecule has 4 nitrogen and oxygen atoms in total. The quantitative estimate of drug-likeness (QED) is 0.821. The molecule has 0 fully saturated rings. The third kappa shape index (κ3) is 4.21. The Balaban J connectivity index is 1.91. The predicted molar refractivity (Wildman–Crippen MR) is 93.3 cm³/mol. The van der Waals surface area contributed by atoms with Gasteiger partial charge in [-0.15, -0.1) is 0 Å². The maximum absolute atomic E-state index is 12.4. The van der Waals surface area contributed by atoms with Gasteiger partial charge in [0.25, 0.3) is 0 Å². The monoisotopic (exact) mass is 313 g/mol. The molecular formula is C19H27N3O. The smallest absolute Gasteiger partial charge is 0.222 e. The summed E-state index contributed by atoms with van der Waals surface area (Å²) in [6, 6.07) is 8.49. The molecular weight excluding hydrogens is 286 g/mol. The summed E-state index contributed by atoms with van der Waals surface area (Å²) in [4.78, 5) is 14.2. The Hall–Kier alpha value is -2.10. The fourth-order valence-electron chi connectivity index (χ4n) is 2.84. The van der Waals surface area contributed by atoms with Crippen LogP contribution in [0.25, 0.3) is 0 Å². The van der Waals surface area contributed by atoms with E-state index in [1.165, 1.54) is 16.7 Å². The average molecular weight is 313 g/mol. The van der Waals surface area contributed by atoms with Crippen molar-refractivity contribution >= 4 is 5.91 Å². The van der Waals surface area contributed by atoms with Gasteiger partial charge in [-0.1, -0.05) is 31.2 Å². The third-order valence-corrected chi connectivity index (χ3v) is 4.52. The molecule has 0 N–H and O–H groups in total. The molecule has 0 radical (unpaired) electrons. The molecule has 2 aromatic rings. The highest BCUT2D eigenvalue weighted by Gasteiger charge is 2.14. The third-order valence-electron chi connectivity index (χ3n) is 4.52. The van der Waals surface area contributed by atoms with Crippen molar-refractivity contribution in [3.8, 4) is 0 Å². The van der Waals surface area contributed by atoms with Crippen LogP contribution < -0.4 is 0 Å². The number of benzene rings is 1. The predicted octanol–water partition coefficient (Wildman–Crippen LogP) is 3.19. The van der Waals surface area contributed by atoms with Gasteiger partial charge in [0, 0.05) is 32.8 Å². The summed E-state index contributed by atoms with van der Waals surface area (Å²) in [5, 5.41) is 4.41. The fourth-order valence-corrected chi connectivity index (χ4v) is 2.84. The van der Waals surface area contributed by atoms with Crippen LogP contribution >= 0.6 is 0 Å². The van der Waals surface area contributed by atoms with Gasteiger partial charge >= 0.3 is 0 Å². The number of aromatic nitrogens is 2. The number of nitrogens with zero attached hydrogens (tertiary/aromatic N) is 3. The number of aryl methyl sites for hydroxylation is 3. The van der Waals surface area contributed by atoms with E-state index in [1.54, 1.807) is 0 Å². The fraction of sp³-hybridized carbons (Fsp3) is 0.474. The molecule has 23 heavy (non-hydrogen) atoms. The zero-order valence-corrected chi connectivity index (χ0v) is 14.9. The summed E-state index contributed by atoms with van der Waals surface area (Å²) in [7, 11) is 3.82. The Morgan fingerprint density at radius 3 is 2.30 bits per heavy atom. The summed E-state index contributed by atoms with van der Waals surface area (Å²) >= 11 is 0. The van der Waals surface area contributed by atoms with E-state index in [2.05, 4.69) is 43.2 Å². The van der Waals surface area contributed by atoms with Crippen LogP contribution in [0.1, 0.15) is 41.4 Å². The van der Waals surface area contributed by atoms with Crippen molar-refractivity contribution in [1.29, 1.82) is 0 Å². The highest BCUT2D eigenvalue weighted by molar-refractivity contribution is 5.76. The largest absolute Gasteiger partial charge is 0.341 e. The molecule has 0 aliphatic carbocycles. The lowest BCUT2D eigenvalue weighted by Gasteiger charge is -2.17. The molecule has 0 unspecified atom stereocenters. The first-order valence-electron chi connectivity index (χ1n) is 8.23. The average Bonchev–Trinajstić information content (AvgIpc) is 2.78. The molecule has 2 rings (SSSR count). The van der Waals surface area contributed by atoms with Gasteiger partial charge in [0.05, 0.1) is 5.69 Å². The highest BCUT2D eigenvalue weighted by atomic mass is 16.2. The van der Waals surface area contributed by atoms with Crippen molar-refractivity contribution in [2.24, 2.45) is 7.05 Å². The van der Waals surface area contributed by atoms with Gasteiger partial charge in [-0.25, -0.2) is 0 Å². The van der Waals surface area contributed by atoms with E-state index in [9.17, 15) is 4.79 Å². The van der Waals surface area contributed by atoms with Crippen LogP contribution in [0, 0.1) is 13.8 Å². The Labute approximate surface area is 139 Å². The zero-order valence-electron chi connectivity index (χ0n) is 14.9. The lowest BCUT2D eigenvalue weighted by Crippen LogP contribution is -2.26. The maximum Gasteiger partial charge on any atom is 0.222 e. The van der Waals surface area contributed by atoms with Gasteiger partial charge in [-0.2, -0.15) is 5.10 Å². The van der Waals surface area contributed by atoms with Crippen molar-refractivity contribution in [3.63, 3.8) is 0 Å². The van der Waals surface area contributed by atoms with Crippen LogP contribution in [0.2, 0.25) is 0 Å². The minimum atomic E-state index is 0.173.